The van der Waals surface area contributed by atoms with E-state index in [-0.39, 0.29) is 0 Å². The van der Waals surface area contributed by atoms with Crippen molar-refractivity contribution in [3.05, 3.63) is 211 Å². The van der Waals surface area contributed by atoms with E-state index in [0.717, 1.165) is 5.69 Å². The second-order valence-electron chi connectivity index (χ2n) is 15.2. The maximum absolute atomic E-state index is 4.73. The third-order valence-electron chi connectivity index (χ3n) is 12.2. The van der Waals surface area contributed by atoms with Gasteiger partial charge in [0.05, 0.1) is 5.52 Å². The van der Waals surface area contributed by atoms with Gasteiger partial charge in [0, 0.05) is 16.8 Å². The van der Waals surface area contributed by atoms with Gasteiger partial charge in [-0.15, -0.1) is 6.54 Å². The zero-order chi connectivity index (χ0) is 37.5. The number of hydrogen-bond acceptors (Lipinski definition) is 0. The summed E-state index contributed by atoms with van der Waals surface area (Å²) in [6, 6.07) is 69.5. The Labute approximate surface area is 330 Å². The molecule has 0 bridgehead atoms. The SMILES string of the molecule is C1=Cc2c(c3cc(-c4ccc5c(-c6cccc7ccccc67)c6ccccc6c(-c6cccc7ccccc67)c5c4)ccc3n2-c2ccc3ccccc3c2)C[N-]1. The molecule has 0 atom stereocenters. The number of aromatic nitrogens is 1. The molecule has 12 rings (SSSR count). The molecule has 266 valence electrons. The second-order valence-corrected chi connectivity index (χ2v) is 15.2. The summed E-state index contributed by atoms with van der Waals surface area (Å²) in [5, 5.41) is 18.5. The molecule has 2 heteroatoms. The van der Waals surface area contributed by atoms with Crippen LogP contribution in [0.25, 0.3) is 115 Å². The number of nitrogens with zero attached hydrogens (tertiary/aromatic N) is 2. The van der Waals surface area contributed by atoms with Gasteiger partial charge in [-0.3, -0.25) is 0 Å². The van der Waals surface area contributed by atoms with Crippen LogP contribution in [0.4, 0.5) is 0 Å². The molecule has 57 heavy (non-hydrogen) atoms. The number of benzene rings is 10. The highest BCUT2D eigenvalue weighted by Crippen LogP contribution is 2.48. The molecule has 10 aromatic carbocycles. The van der Waals surface area contributed by atoms with Crippen molar-refractivity contribution in [2.75, 3.05) is 0 Å². The Bertz CT molecular complexity index is 3460. The van der Waals surface area contributed by atoms with Crippen LogP contribution < -0.4 is 0 Å². The van der Waals surface area contributed by atoms with Crippen molar-refractivity contribution >= 4 is 70.8 Å². The molecular formula is C55H35N2-. The van der Waals surface area contributed by atoms with Crippen molar-refractivity contribution < 1.29 is 0 Å². The first-order valence-corrected chi connectivity index (χ1v) is 19.7. The van der Waals surface area contributed by atoms with Gasteiger partial charge in [-0.2, -0.15) is 6.20 Å². The summed E-state index contributed by atoms with van der Waals surface area (Å²) in [5.74, 6) is 0. The number of fused-ring (bicyclic) bond motifs is 8. The third-order valence-corrected chi connectivity index (χ3v) is 12.2. The van der Waals surface area contributed by atoms with E-state index in [4.69, 9.17) is 5.32 Å². The van der Waals surface area contributed by atoms with Crippen molar-refractivity contribution in [1.29, 1.82) is 0 Å². The van der Waals surface area contributed by atoms with Crippen molar-refractivity contribution in [3.8, 4) is 39.1 Å². The van der Waals surface area contributed by atoms with Crippen LogP contribution in [-0.4, -0.2) is 4.57 Å². The Hall–Kier alpha value is -7.42. The zero-order valence-corrected chi connectivity index (χ0v) is 31.2. The molecule has 1 aliphatic rings. The lowest BCUT2D eigenvalue weighted by Gasteiger charge is -2.21. The van der Waals surface area contributed by atoms with Crippen molar-refractivity contribution in [1.82, 2.24) is 4.57 Å². The second kappa shape index (κ2) is 12.6. The molecule has 0 unspecified atom stereocenters. The molecule has 0 aliphatic carbocycles. The van der Waals surface area contributed by atoms with E-state index in [1.165, 1.54) is 109 Å². The highest BCUT2D eigenvalue weighted by molar-refractivity contribution is 6.25. The van der Waals surface area contributed by atoms with Crippen LogP contribution in [0, 0.1) is 0 Å². The highest BCUT2D eigenvalue weighted by Gasteiger charge is 2.21. The summed E-state index contributed by atoms with van der Waals surface area (Å²) in [7, 11) is 0. The molecule has 0 N–H and O–H groups in total. The van der Waals surface area contributed by atoms with E-state index < -0.39 is 0 Å². The van der Waals surface area contributed by atoms with Gasteiger partial charge in [0.25, 0.3) is 0 Å². The lowest BCUT2D eigenvalue weighted by atomic mass is 9.83. The number of rotatable bonds is 4. The molecule has 2 heterocycles. The first kappa shape index (κ1) is 31.9. The molecule has 0 radical (unpaired) electrons. The van der Waals surface area contributed by atoms with Crippen molar-refractivity contribution in [3.63, 3.8) is 0 Å². The van der Waals surface area contributed by atoms with Gasteiger partial charge < -0.3 is 9.88 Å². The minimum absolute atomic E-state index is 0.662. The Morgan fingerprint density at radius 2 is 0.930 bits per heavy atom. The predicted molar refractivity (Wildman–Crippen MR) is 243 cm³/mol. The van der Waals surface area contributed by atoms with E-state index in [1.54, 1.807) is 0 Å². The molecule has 2 nitrogen and oxygen atoms in total. The van der Waals surface area contributed by atoms with E-state index in [2.05, 4.69) is 199 Å². The third kappa shape index (κ3) is 4.91. The van der Waals surface area contributed by atoms with Gasteiger partial charge >= 0.3 is 0 Å². The molecule has 11 aromatic rings. The van der Waals surface area contributed by atoms with E-state index >= 15 is 0 Å². The monoisotopic (exact) mass is 723 g/mol. The summed E-state index contributed by atoms with van der Waals surface area (Å²) in [4.78, 5) is 0. The molecule has 0 fully saturated rings. The molecule has 0 spiro atoms. The minimum Gasteiger partial charge on any atom is -0.687 e. The fraction of sp³-hybridized carbons (Fsp3) is 0.0182. The average molecular weight is 724 g/mol. The molecule has 1 aromatic heterocycles. The molecule has 0 amide bonds. The van der Waals surface area contributed by atoms with Crippen LogP contribution in [0.3, 0.4) is 0 Å². The smallest absolute Gasteiger partial charge is 0.0537 e. The van der Waals surface area contributed by atoms with Gasteiger partial charge in [-0.25, -0.2) is 0 Å². The van der Waals surface area contributed by atoms with Crippen LogP contribution in [0.5, 0.6) is 0 Å². The van der Waals surface area contributed by atoms with Gasteiger partial charge in [0.15, 0.2) is 0 Å². The van der Waals surface area contributed by atoms with E-state index in [9.17, 15) is 0 Å². The van der Waals surface area contributed by atoms with E-state index in [1.807, 2.05) is 6.20 Å². The summed E-state index contributed by atoms with van der Waals surface area (Å²) >= 11 is 0. The lowest BCUT2D eigenvalue weighted by Crippen LogP contribution is -1.99. The summed E-state index contributed by atoms with van der Waals surface area (Å²) in [6.45, 7) is 0.662. The van der Waals surface area contributed by atoms with Crippen molar-refractivity contribution in [2.24, 2.45) is 0 Å². The Morgan fingerprint density at radius 3 is 1.63 bits per heavy atom. The summed E-state index contributed by atoms with van der Waals surface area (Å²) < 4.78 is 2.41. The van der Waals surface area contributed by atoms with Crippen LogP contribution in [0.2, 0.25) is 0 Å². The highest BCUT2D eigenvalue weighted by atomic mass is 15.0. The van der Waals surface area contributed by atoms with Gasteiger partial charge in [0.1, 0.15) is 0 Å². The van der Waals surface area contributed by atoms with E-state index in [0.29, 0.717) is 6.54 Å². The maximum Gasteiger partial charge on any atom is 0.0537 e. The van der Waals surface area contributed by atoms with Crippen molar-refractivity contribution in [2.45, 2.75) is 6.54 Å². The first-order chi connectivity index (χ1) is 28.3. The topological polar surface area (TPSA) is 19.0 Å². The fourth-order valence-electron chi connectivity index (χ4n) is 9.58. The van der Waals surface area contributed by atoms with Gasteiger partial charge in [0.2, 0.25) is 0 Å². The summed E-state index contributed by atoms with van der Waals surface area (Å²) in [5.41, 5.74) is 12.3. The normalized spacial score (nSPS) is 12.6. The largest absolute Gasteiger partial charge is 0.687 e. The maximum atomic E-state index is 4.73. The molecule has 0 saturated carbocycles. The molecule has 1 aliphatic heterocycles. The molecule has 0 saturated heterocycles. The Kier molecular flexibility index (Phi) is 7.02. The Morgan fingerprint density at radius 1 is 0.386 bits per heavy atom. The molecular weight excluding hydrogens is 689 g/mol. The standard InChI is InChI=1S/C55H35N2/c1-2-14-38-31-41(26-23-35(38)11-1)57-52-28-25-40(32-49(52)51-34-56-30-29-53(51)57)39-24-27-48-50(33-39)55(45-22-10-16-37-13-4-6-18-43(37)45)47-20-8-7-19-46(47)54(48)44-21-9-15-36-12-3-5-17-42(36)44/h1-33H,34H2/q-1. The first-order valence-electron chi connectivity index (χ1n) is 19.7. The van der Waals surface area contributed by atoms with Gasteiger partial charge in [-0.1, -0.05) is 164 Å². The Balaban J connectivity index is 1.14. The predicted octanol–water partition coefficient (Wildman–Crippen LogP) is 15.3. The van der Waals surface area contributed by atoms with Crippen LogP contribution >= 0.6 is 0 Å². The number of hydrogen-bond donors (Lipinski definition) is 0. The van der Waals surface area contributed by atoms with Gasteiger partial charge in [-0.05, 0) is 123 Å². The fourth-order valence-corrected chi connectivity index (χ4v) is 9.58. The lowest BCUT2D eigenvalue weighted by molar-refractivity contribution is 1.07. The van der Waals surface area contributed by atoms with Crippen LogP contribution in [-0.2, 0) is 6.54 Å². The summed E-state index contributed by atoms with van der Waals surface area (Å²) in [6.07, 6.45) is 4.12. The average Bonchev–Trinajstić information content (AvgIpc) is 3.61. The van der Waals surface area contributed by atoms with Crippen LogP contribution in [0.15, 0.2) is 194 Å². The van der Waals surface area contributed by atoms with Crippen LogP contribution in [0.1, 0.15) is 11.3 Å². The minimum atomic E-state index is 0.662. The zero-order valence-electron chi connectivity index (χ0n) is 31.2. The quantitative estimate of drug-likeness (QED) is 0.161.